The molecule has 0 fully saturated rings. The number of hydrogen-bond donors (Lipinski definition) is 0. The van der Waals surface area contributed by atoms with Gasteiger partial charge in [0.05, 0.1) is 0 Å². The van der Waals surface area contributed by atoms with Gasteiger partial charge in [0.2, 0.25) is 0 Å². The topological polar surface area (TPSA) is 13.1 Å². The molecule has 174 valence electrons. The van der Waals surface area contributed by atoms with Crippen molar-refractivity contribution in [2.75, 3.05) is 0 Å². The van der Waals surface area contributed by atoms with Gasteiger partial charge >= 0.3 is 0 Å². The molecule has 0 N–H and O–H groups in total. The summed E-state index contributed by atoms with van der Waals surface area (Å²) in [6.07, 6.45) is 10.3. The zero-order chi connectivity index (χ0) is 24.1. The molecule has 5 aromatic rings. The number of aryl methyl sites for hydroxylation is 2. The summed E-state index contributed by atoms with van der Waals surface area (Å²) in [7, 11) is 0. The minimum absolute atomic E-state index is 0.399. The lowest BCUT2D eigenvalue weighted by Gasteiger charge is -2.21. The lowest BCUT2D eigenvalue weighted by atomic mass is 9.82. The normalized spacial score (nSPS) is 16.6. The molecule has 7 rings (SSSR count). The van der Waals surface area contributed by atoms with Crippen molar-refractivity contribution in [2.45, 2.75) is 52.9 Å². The number of allylic oxidation sites excluding steroid dienone is 2. The number of benzene rings is 4. The van der Waals surface area contributed by atoms with Crippen LogP contribution in [-0.4, -0.2) is 0 Å². The van der Waals surface area contributed by atoms with Gasteiger partial charge in [0.15, 0.2) is 0 Å². The van der Waals surface area contributed by atoms with Gasteiger partial charge in [-0.05, 0) is 87.7 Å². The Morgan fingerprint density at radius 1 is 0.857 bits per heavy atom. The fourth-order valence-electron chi connectivity index (χ4n) is 6.07. The molecule has 1 heterocycles. The van der Waals surface area contributed by atoms with E-state index in [0.29, 0.717) is 5.92 Å². The first-order valence-electron chi connectivity index (χ1n) is 13.1. The molecular formula is C34H32O. The highest BCUT2D eigenvalue weighted by molar-refractivity contribution is 6.14. The molecule has 1 atom stereocenters. The molecule has 1 heteroatoms. The Balaban J connectivity index is 0.00000112. The second-order valence-corrected chi connectivity index (χ2v) is 9.68. The van der Waals surface area contributed by atoms with Gasteiger partial charge in [-0.2, -0.15) is 0 Å². The van der Waals surface area contributed by atoms with Crippen LogP contribution in [0, 0.1) is 6.92 Å². The van der Waals surface area contributed by atoms with Crippen LogP contribution >= 0.6 is 0 Å². The molecule has 0 bridgehead atoms. The lowest BCUT2D eigenvalue weighted by Crippen LogP contribution is -2.03. The summed E-state index contributed by atoms with van der Waals surface area (Å²) in [5.74, 6) is 1.54. The van der Waals surface area contributed by atoms with Gasteiger partial charge in [-0.25, -0.2) is 0 Å². The Morgan fingerprint density at radius 2 is 1.66 bits per heavy atom. The Labute approximate surface area is 207 Å². The SMILES string of the molecule is CC.Cc1cccc2oc3c(c12)C(c1ccc2c(c1)c1c(c4ccccc42)CCC=C1)=CCC3C. The van der Waals surface area contributed by atoms with E-state index in [4.69, 9.17) is 4.42 Å². The van der Waals surface area contributed by atoms with E-state index in [9.17, 15) is 0 Å². The Hall–Kier alpha value is -3.58. The molecule has 0 radical (unpaired) electrons. The zero-order valence-electron chi connectivity index (χ0n) is 21.1. The Kier molecular flexibility index (Phi) is 5.37. The second kappa shape index (κ2) is 8.57. The third kappa shape index (κ3) is 3.29. The Bertz CT molecular complexity index is 1660. The van der Waals surface area contributed by atoms with E-state index in [1.54, 1.807) is 0 Å². The maximum Gasteiger partial charge on any atom is 0.135 e. The van der Waals surface area contributed by atoms with Gasteiger partial charge in [0.1, 0.15) is 11.3 Å². The summed E-state index contributed by atoms with van der Waals surface area (Å²) in [5.41, 5.74) is 9.09. The van der Waals surface area contributed by atoms with Gasteiger partial charge in [-0.1, -0.05) is 87.5 Å². The van der Waals surface area contributed by atoms with Crippen molar-refractivity contribution in [3.05, 3.63) is 106 Å². The summed E-state index contributed by atoms with van der Waals surface area (Å²) in [5, 5.41) is 6.75. The maximum absolute atomic E-state index is 6.42. The number of hydrogen-bond acceptors (Lipinski definition) is 1. The highest BCUT2D eigenvalue weighted by Gasteiger charge is 2.27. The van der Waals surface area contributed by atoms with E-state index in [2.05, 4.69) is 92.7 Å². The van der Waals surface area contributed by atoms with Gasteiger partial charge in [0, 0.05) is 16.9 Å². The van der Waals surface area contributed by atoms with Gasteiger partial charge in [-0.3, -0.25) is 0 Å². The number of fused-ring (bicyclic) bond motifs is 9. The van der Waals surface area contributed by atoms with Crippen molar-refractivity contribution in [1.82, 2.24) is 0 Å². The second-order valence-electron chi connectivity index (χ2n) is 9.68. The summed E-state index contributed by atoms with van der Waals surface area (Å²) < 4.78 is 6.42. The highest BCUT2D eigenvalue weighted by atomic mass is 16.3. The molecule has 2 aliphatic rings. The average molecular weight is 457 g/mol. The van der Waals surface area contributed by atoms with E-state index in [-0.39, 0.29) is 0 Å². The molecule has 0 amide bonds. The molecule has 0 saturated carbocycles. The summed E-state index contributed by atoms with van der Waals surface area (Å²) >= 11 is 0. The monoisotopic (exact) mass is 456 g/mol. The van der Waals surface area contributed by atoms with Crippen LogP contribution in [0.4, 0.5) is 0 Å². The van der Waals surface area contributed by atoms with Crippen LogP contribution in [0.3, 0.4) is 0 Å². The van der Waals surface area contributed by atoms with Crippen LogP contribution in [-0.2, 0) is 6.42 Å². The fraction of sp³-hybridized carbons (Fsp3) is 0.235. The van der Waals surface area contributed by atoms with Crippen LogP contribution in [0.15, 0.2) is 77.2 Å². The van der Waals surface area contributed by atoms with Gasteiger partial charge < -0.3 is 4.42 Å². The maximum atomic E-state index is 6.42. The van der Waals surface area contributed by atoms with Crippen LogP contribution in [0.1, 0.15) is 73.1 Å². The molecule has 0 saturated heterocycles. The number of rotatable bonds is 1. The van der Waals surface area contributed by atoms with E-state index in [0.717, 1.165) is 30.6 Å². The molecule has 2 aliphatic carbocycles. The Morgan fingerprint density at radius 3 is 2.51 bits per heavy atom. The predicted octanol–water partition coefficient (Wildman–Crippen LogP) is 9.97. The van der Waals surface area contributed by atoms with E-state index >= 15 is 0 Å². The highest BCUT2D eigenvalue weighted by Crippen LogP contribution is 2.46. The fourth-order valence-corrected chi connectivity index (χ4v) is 6.07. The van der Waals surface area contributed by atoms with E-state index in [1.165, 1.54) is 60.3 Å². The van der Waals surface area contributed by atoms with Crippen LogP contribution in [0.2, 0.25) is 0 Å². The lowest BCUT2D eigenvalue weighted by molar-refractivity contribution is 0.503. The van der Waals surface area contributed by atoms with Crippen molar-refractivity contribution < 1.29 is 4.42 Å². The van der Waals surface area contributed by atoms with Gasteiger partial charge in [0.25, 0.3) is 0 Å². The van der Waals surface area contributed by atoms with Gasteiger partial charge in [-0.15, -0.1) is 0 Å². The predicted molar refractivity (Wildman–Crippen MR) is 151 cm³/mol. The van der Waals surface area contributed by atoms with E-state index < -0.39 is 0 Å². The molecule has 35 heavy (non-hydrogen) atoms. The summed E-state index contributed by atoms with van der Waals surface area (Å²) in [6, 6.07) is 22.4. The first-order valence-corrected chi connectivity index (χ1v) is 13.1. The van der Waals surface area contributed by atoms with Crippen LogP contribution in [0.5, 0.6) is 0 Å². The molecule has 0 spiro atoms. The third-order valence-corrected chi connectivity index (χ3v) is 7.68. The molecule has 1 nitrogen and oxygen atoms in total. The van der Waals surface area contributed by atoms with Crippen molar-refractivity contribution in [2.24, 2.45) is 0 Å². The van der Waals surface area contributed by atoms with Crippen molar-refractivity contribution in [1.29, 1.82) is 0 Å². The first-order chi connectivity index (χ1) is 17.2. The number of furan rings is 1. The first kappa shape index (κ1) is 21.9. The quantitative estimate of drug-likeness (QED) is 0.229. The average Bonchev–Trinajstić information content (AvgIpc) is 3.32. The molecule has 0 aliphatic heterocycles. The smallest absolute Gasteiger partial charge is 0.135 e. The standard InChI is InChI=1S/C32H26O.C2H6/c1-19-8-7-13-29-30(19)31-22(16-14-20(2)32(31)33-29)21-15-17-27-25-11-4-3-9-23(25)24-10-5-6-12-26(24)28(27)18-21;1-2/h3-4,6-9,11-13,15-18,20H,5,10,14H2,1-2H3;1-2H3. The summed E-state index contributed by atoms with van der Waals surface area (Å²) in [6.45, 7) is 8.47. The van der Waals surface area contributed by atoms with Crippen molar-refractivity contribution >= 4 is 44.2 Å². The van der Waals surface area contributed by atoms with Crippen LogP contribution < -0.4 is 0 Å². The molecule has 4 aromatic carbocycles. The minimum atomic E-state index is 0.399. The third-order valence-electron chi connectivity index (χ3n) is 7.68. The van der Waals surface area contributed by atoms with E-state index in [1.807, 2.05) is 13.8 Å². The van der Waals surface area contributed by atoms with Crippen LogP contribution in [0.25, 0.3) is 44.2 Å². The molecule has 1 unspecified atom stereocenters. The largest absolute Gasteiger partial charge is 0.460 e. The van der Waals surface area contributed by atoms with Crippen molar-refractivity contribution in [3.8, 4) is 0 Å². The molecule has 1 aromatic heterocycles. The van der Waals surface area contributed by atoms with Crippen molar-refractivity contribution in [3.63, 3.8) is 0 Å². The molecular weight excluding hydrogens is 424 g/mol. The summed E-state index contributed by atoms with van der Waals surface area (Å²) in [4.78, 5) is 0. The minimum Gasteiger partial charge on any atom is -0.460 e. The zero-order valence-corrected chi connectivity index (χ0v) is 21.1.